The zero-order valence-electron chi connectivity index (χ0n) is 14.4. The zero-order chi connectivity index (χ0) is 17.5. The first-order chi connectivity index (χ1) is 11.5. The molecule has 0 aliphatic rings. The number of nitrogens with one attached hydrogen (secondary N) is 2. The molecule has 2 aromatic carbocycles. The third-order valence-electron chi connectivity index (χ3n) is 3.93. The molecule has 0 aromatic heterocycles. The van der Waals surface area contributed by atoms with Gasteiger partial charge in [-0.3, -0.25) is 4.79 Å². The van der Waals surface area contributed by atoms with Gasteiger partial charge in [0.25, 0.3) is 5.91 Å². The van der Waals surface area contributed by atoms with Crippen LogP contribution in [-0.4, -0.2) is 26.6 Å². The molecule has 0 bridgehead atoms. The summed E-state index contributed by atoms with van der Waals surface area (Å²) in [6.07, 6.45) is 0. The van der Waals surface area contributed by atoms with E-state index in [2.05, 4.69) is 5.32 Å². The Morgan fingerprint density at radius 1 is 1.21 bits per heavy atom. The molecule has 0 aliphatic carbocycles. The van der Waals surface area contributed by atoms with Gasteiger partial charge in [-0.1, -0.05) is 35.9 Å². The van der Waals surface area contributed by atoms with Crippen molar-refractivity contribution in [3.05, 3.63) is 64.2 Å². The van der Waals surface area contributed by atoms with Crippen molar-refractivity contribution in [3.63, 3.8) is 0 Å². The molecule has 0 saturated heterocycles. The number of carbonyl (C=O) groups is 1. The first-order valence-corrected chi connectivity index (χ1v) is 8.32. The first kappa shape index (κ1) is 18.3. The number of quaternary nitrogens is 1. The zero-order valence-corrected chi connectivity index (χ0v) is 15.1. The Bertz CT molecular complexity index is 704. The predicted octanol–water partition coefficient (Wildman–Crippen LogP) is 1.99. The third kappa shape index (κ3) is 5.25. The lowest BCUT2D eigenvalue weighted by atomic mass is 10.1. The average molecular weight is 348 g/mol. The van der Waals surface area contributed by atoms with Gasteiger partial charge in [-0.15, -0.1) is 0 Å². The van der Waals surface area contributed by atoms with Gasteiger partial charge in [0.15, 0.2) is 6.54 Å². The van der Waals surface area contributed by atoms with Crippen molar-refractivity contribution in [1.29, 1.82) is 0 Å². The molecule has 0 saturated carbocycles. The molecule has 0 aliphatic heterocycles. The second-order valence-electron chi connectivity index (χ2n) is 5.97. The Balaban J connectivity index is 1.88. The van der Waals surface area contributed by atoms with Crippen LogP contribution >= 0.6 is 11.6 Å². The highest BCUT2D eigenvalue weighted by Gasteiger charge is 2.14. The molecule has 0 fully saturated rings. The Morgan fingerprint density at radius 2 is 1.96 bits per heavy atom. The van der Waals surface area contributed by atoms with Crippen molar-refractivity contribution in [2.75, 3.05) is 20.7 Å². The Labute approximate surface area is 148 Å². The molecule has 0 spiro atoms. The number of aryl methyl sites for hydroxylation is 1. The maximum atomic E-state index is 12.2. The number of benzene rings is 2. The van der Waals surface area contributed by atoms with Crippen LogP contribution in [0, 0.1) is 6.92 Å². The molecule has 2 rings (SSSR count). The molecule has 1 atom stereocenters. The lowest BCUT2D eigenvalue weighted by molar-refractivity contribution is -0.885. The number of likely N-dealkylation sites (N-methyl/N-ethyl adjacent to an activating group) is 1. The third-order valence-corrected chi connectivity index (χ3v) is 4.17. The largest absolute Gasteiger partial charge is 0.496 e. The molecule has 0 heterocycles. The fraction of sp³-hybridized carbons (Fsp3) is 0.316. The van der Waals surface area contributed by atoms with E-state index < -0.39 is 0 Å². The number of hydrogen-bond acceptors (Lipinski definition) is 2. The van der Waals surface area contributed by atoms with Crippen LogP contribution in [0.3, 0.4) is 0 Å². The van der Waals surface area contributed by atoms with Gasteiger partial charge in [-0.05, 0) is 36.2 Å². The number of hydrogen-bond donors (Lipinski definition) is 2. The molecule has 2 aromatic rings. The van der Waals surface area contributed by atoms with Gasteiger partial charge in [-0.2, -0.15) is 0 Å². The highest BCUT2D eigenvalue weighted by Crippen LogP contribution is 2.21. The summed E-state index contributed by atoms with van der Waals surface area (Å²) in [5, 5.41) is 3.65. The fourth-order valence-electron chi connectivity index (χ4n) is 2.61. The van der Waals surface area contributed by atoms with Crippen LogP contribution in [0.1, 0.15) is 16.7 Å². The van der Waals surface area contributed by atoms with E-state index in [-0.39, 0.29) is 5.91 Å². The van der Waals surface area contributed by atoms with E-state index in [4.69, 9.17) is 16.3 Å². The van der Waals surface area contributed by atoms with E-state index in [9.17, 15) is 4.79 Å². The number of rotatable bonds is 7. The summed E-state index contributed by atoms with van der Waals surface area (Å²) in [5.41, 5.74) is 3.32. The lowest BCUT2D eigenvalue weighted by Gasteiger charge is -2.16. The SMILES string of the molecule is COc1ccc(Cl)cc1C[NH+](C)CC(=O)NCc1ccccc1C. The summed E-state index contributed by atoms with van der Waals surface area (Å²) < 4.78 is 5.35. The van der Waals surface area contributed by atoms with Crippen LogP contribution in [0.15, 0.2) is 42.5 Å². The van der Waals surface area contributed by atoms with Crippen LogP contribution in [0.25, 0.3) is 0 Å². The highest BCUT2D eigenvalue weighted by atomic mass is 35.5. The highest BCUT2D eigenvalue weighted by molar-refractivity contribution is 6.30. The molecule has 0 radical (unpaired) electrons. The van der Waals surface area contributed by atoms with Crippen molar-refractivity contribution in [3.8, 4) is 5.75 Å². The number of carbonyl (C=O) groups excluding carboxylic acids is 1. The van der Waals surface area contributed by atoms with Crippen LogP contribution < -0.4 is 15.0 Å². The minimum Gasteiger partial charge on any atom is -0.496 e. The summed E-state index contributed by atoms with van der Waals surface area (Å²) >= 11 is 6.05. The molecule has 128 valence electrons. The van der Waals surface area contributed by atoms with Gasteiger partial charge in [0.1, 0.15) is 12.3 Å². The first-order valence-electron chi connectivity index (χ1n) is 7.94. The normalized spacial score (nSPS) is 11.8. The van der Waals surface area contributed by atoms with E-state index in [1.54, 1.807) is 13.2 Å². The fourth-order valence-corrected chi connectivity index (χ4v) is 2.81. The van der Waals surface area contributed by atoms with Gasteiger partial charge >= 0.3 is 0 Å². The molecular weight excluding hydrogens is 324 g/mol. The molecular formula is C19H24ClN2O2+. The van der Waals surface area contributed by atoms with E-state index in [0.717, 1.165) is 21.8 Å². The number of ether oxygens (including phenoxy) is 1. The number of methoxy groups -OCH3 is 1. The van der Waals surface area contributed by atoms with Gasteiger partial charge < -0.3 is 15.0 Å². The smallest absolute Gasteiger partial charge is 0.275 e. The molecule has 4 nitrogen and oxygen atoms in total. The standard InChI is InChI=1S/C19H23ClN2O2/c1-14-6-4-5-7-15(14)11-21-19(23)13-22(2)12-16-10-17(20)8-9-18(16)24-3/h4-10H,11-13H2,1-3H3,(H,21,23)/p+1. The lowest BCUT2D eigenvalue weighted by Crippen LogP contribution is -3.08. The van der Waals surface area contributed by atoms with Crippen molar-refractivity contribution in [1.82, 2.24) is 5.32 Å². The summed E-state index contributed by atoms with van der Waals surface area (Å²) in [6.45, 7) is 3.66. The van der Waals surface area contributed by atoms with Crippen molar-refractivity contribution in [2.45, 2.75) is 20.0 Å². The molecule has 2 N–H and O–H groups in total. The van der Waals surface area contributed by atoms with Gasteiger partial charge in [0.2, 0.25) is 0 Å². The molecule has 5 heteroatoms. The molecule has 1 unspecified atom stereocenters. The maximum absolute atomic E-state index is 12.2. The maximum Gasteiger partial charge on any atom is 0.275 e. The quantitative estimate of drug-likeness (QED) is 0.804. The van der Waals surface area contributed by atoms with E-state index in [1.165, 1.54) is 5.56 Å². The molecule has 1 amide bonds. The van der Waals surface area contributed by atoms with Crippen molar-refractivity contribution in [2.24, 2.45) is 0 Å². The summed E-state index contributed by atoms with van der Waals surface area (Å²) in [4.78, 5) is 13.2. The van der Waals surface area contributed by atoms with Crippen LogP contribution in [-0.2, 0) is 17.9 Å². The predicted molar refractivity (Wildman–Crippen MR) is 96.5 cm³/mol. The minimum atomic E-state index is 0.0248. The Hall–Kier alpha value is -2.04. The second kappa shape index (κ2) is 8.71. The van der Waals surface area contributed by atoms with Crippen LogP contribution in [0.4, 0.5) is 0 Å². The Kier molecular flexibility index (Phi) is 6.64. The Morgan fingerprint density at radius 3 is 2.67 bits per heavy atom. The van der Waals surface area contributed by atoms with E-state index in [0.29, 0.717) is 24.7 Å². The average Bonchev–Trinajstić information content (AvgIpc) is 2.54. The van der Waals surface area contributed by atoms with Crippen LogP contribution in [0.2, 0.25) is 5.02 Å². The van der Waals surface area contributed by atoms with Gasteiger partial charge in [0, 0.05) is 17.1 Å². The summed E-state index contributed by atoms with van der Waals surface area (Å²) in [6, 6.07) is 13.6. The van der Waals surface area contributed by atoms with Gasteiger partial charge in [0.05, 0.1) is 14.2 Å². The van der Waals surface area contributed by atoms with E-state index in [1.807, 2.05) is 50.4 Å². The second-order valence-corrected chi connectivity index (χ2v) is 6.41. The number of halogens is 1. The van der Waals surface area contributed by atoms with E-state index >= 15 is 0 Å². The topological polar surface area (TPSA) is 42.8 Å². The summed E-state index contributed by atoms with van der Waals surface area (Å²) in [7, 11) is 3.62. The number of amides is 1. The van der Waals surface area contributed by atoms with Crippen molar-refractivity contribution >= 4 is 17.5 Å². The molecule has 24 heavy (non-hydrogen) atoms. The van der Waals surface area contributed by atoms with Crippen LogP contribution in [0.5, 0.6) is 5.75 Å². The monoisotopic (exact) mass is 347 g/mol. The van der Waals surface area contributed by atoms with Crippen molar-refractivity contribution < 1.29 is 14.4 Å². The minimum absolute atomic E-state index is 0.0248. The van der Waals surface area contributed by atoms with Gasteiger partial charge in [-0.25, -0.2) is 0 Å². The summed E-state index contributed by atoms with van der Waals surface area (Å²) in [5.74, 6) is 0.816.